The van der Waals surface area contributed by atoms with Gasteiger partial charge in [0, 0.05) is 26.1 Å². The zero-order valence-electron chi connectivity index (χ0n) is 13.1. The molecule has 122 valence electrons. The fourth-order valence-corrected chi connectivity index (χ4v) is 3.29. The van der Waals surface area contributed by atoms with E-state index < -0.39 is 12.0 Å². The molecule has 0 spiro atoms. The number of likely N-dealkylation sites (tertiary alicyclic amines) is 1. The number of nitrogens with zero attached hydrogens (tertiary/aromatic N) is 2. The zero-order valence-corrected chi connectivity index (χ0v) is 13.1. The predicted molar refractivity (Wildman–Crippen MR) is 78.4 cm³/mol. The van der Waals surface area contributed by atoms with E-state index in [4.69, 9.17) is 0 Å². The lowest BCUT2D eigenvalue weighted by Crippen LogP contribution is -2.48. The van der Waals surface area contributed by atoms with E-state index in [1.54, 1.807) is 4.90 Å². The Kier molecular flexibility index (Phi) is 5.54. The van der Waals surface area contributed by atoms with E-state index in [1.165, 1.54) is 0 Å². The first-order valence-electron chi connectivity index (χ1n) is 8.07. The minimum absolute atomic E-state index is 0.145. The molecule has 0 aliphatic carbocycles. The lowest BCUT2D eigenvalue weighted by molar-refractivity contribution is -0.135. The van der Waals surface area contributed by atoms with Crippen LogP contribution >= 0.6 is 0 Å². The molecule has 0 aromatic rings. The first kappa shape index (κ1) is 16.6. The third-order valence-corrected chi connectivity index (χ3v) is 4.74. The number of carbonyl (C=O) groups is 1. The highest BCUT2D eigenvalue weighted by Crippen LogP contribution is 2.27. The quantitative estimate of drug-likeness (QED) is 0.837. The molecular weight excluding hydrogens is 276 g/mol. The maximum Gasteiger partial charge on any atom is 0.262 e. The van der Waals surface area contributed by atoms with Gasteiger partial charge in [0.15, 0.2) is 0 Å². The third-order valence-electron chi connectivity index (χ3n) is 4.74. The monoisotopic (exact) mass is 303 g/mol. The summed E-state index contributed by atoms with van der Waals surface area (Å²) in [5.74, 6) is -2.26. The van der Waals surface area contributed by atoms with Crippen LogP contribution in [-0.2, 0) is 4.79 Å². The SMILES string of the molecule is CCN(CC)CC1CCN(C(=O)C2CC(F)(F)CN2)CC1. The first-order chi connectivity index (χ1) is 9.95. The summed E-state index contributed by atoms with van der Waals surface area (Å²) in [4.78, 5) is 16.4. The molecular formula is C15H27F2N3O. The lowest BCUT2D eigenvalue weighted by Gasteiger charge is -2.35. The average molecular weight is 303 g/mol. The Hall–Kier alpha value is -0.750. The van der Waals surface area contributed by atoms with Crippen molar-refractivity contribution in [1.82, 2.24) is 15.1 Å². The Morgan fingerprint density at radius 3 is 2.38 bits per heavy atom. The second-order valence-electron chi connectivity index (χ2n) is 6.25. The van der Waals surface area contributed by atoms with E-state index in [-0.39, 0.29) is 18.9 Å². The van der Waals surface area contributed by atoms with Crippen molar-refractivity contribution < 1.29 is 13.6 Å². The van der Waals surface area contributed by atoms with Crippen LogP contribution in [0.4, 0.5) is 8.78 Å². The van der Waals surface area contributed by atoms with Gasteiger partial charge in [-0.1, -0.05) is 13.8 Å². The van der Waals surface area contributed by atoms with Gasteiger partial charge in [0.05, 0.1) is 12.6 Å². The molecule has 0 saturated carbocycles. The molecule has 2 saturated heterocycles. The van der Waals surface area contributed by atoms with Gasteiger partial charge in [-0.2, -0.15) is 0 Å². The molecule has 1 N–H and O–H groups in total. The maximum absolute atomic E-state index is 13.2. The number of rotatable bonds is 5. The number of alkyl halides is 2. The van der Waals surface area contributed by atoms with E-state index in [0.717, 1.165) is 32.5 Å². The van der Waals surface area contributed by atoms with Gasteiger partial charge < -0.3 is 9.80 Å². The van der Waals surface area contributed by atoms with Gasteiger partial charge in [-0.25, -0.2) is 8.78 Å². The van der Waals surface area contributed by atoms with Gasteiger partial charge in [0.25, 0.3) is 5.92 Å². The summed E-state index contributed by atoms with van der Waals surface area (Å²) in [6, 6.07) is -0.695. The number of hydrogen-bond donors (Lipinski definition) is 1. The van der Waals surface area contributed by atoms with Crippen LogP contribution < -0.4 is 5.32 Å². The number of hydrogen-bond acceptors (Lipinski definition) is 3. The molecule has 6 heteroatoms. The summed E-state index contributed by atoms with van der Waals surface area (Å²) in [7, 11) is 0. The van der Waals surface area contributed by atoms with Crippen molar-refractivity contribution in [3.63, 3.8) is 0 Å². The van der Waals surface area contributed by atoms with Crippen molar-refractivity contribution >= 4 is 5.91 Å². The molecule has 1 atom stereocenters. The van der Waals surface area contributed by atoms with E-state index in [2.05, 4.69) is 24.1 Å². The van der Waals surface area contributed by atoms with Crippen molar-refractivity contribution in [3.05, 3.63) is 0 Å². The number of nitrogens with one attached hydrogen (secondary N) is 1. The summed E-state index contributed by atoms with van der Waals surface area (Å²) >= 11 is 0. The number of piperidine rings is 1. The highest BCUT2D eigenvalue weighted by molar-refractivity contribution is 5.82. The summed E-state index contributed by atoms with van der Waals surface area (Å²) in [6.07, 6.45) is 1.60. The van der Waals surface area contributed by atoms with Gasteiger partial charge in [-0.3, -0.25) is 10.1 Å². The van der Waals surface area contributed by atoms with Gasteiger partial charge in [0.2, 0.25) is 5.91 Å². The normalized spacial score (nSPS) is 26.5. The van der Waals surface area contributed by atoms with Crippen LogP contribution in [0.25, 0.3) is 0 Å². The Morgan fingerprint density at radius 1 is 1.29 bits per heavy atom. The molecule has 0 aromatic carbocycles. The lowest BCUT2D eigenvalue weighted by atomic mass is 9.95. The molecule has 2 heterocycles. The summed E-state index contributed by atoms with van der Waals surface area (Å²) in [5, 5.41) is 2.66. The van der Waals surface area contributed by atoms with Crippen molar-refractivity contribution in [2.24, 2.45) is 5.92 Å². The van der Waals surface area contributed by atoms with E-state index in [1.807, 2.05) is 0 Å². The van der Waals surface area contributed by atoms with Crippen molar-refractivity contribution in [1.29, 1.82) is 0 Å². The molecule has 1 amide bonds. The molecule has 4 nitrogen and oxygen atoms in total. The highest BCUT2D eigenvalue weighted by atomic mass is 19.3. The average Bonchev–Trinajstić information content (AvgIpc) is 2.85. The minimum atomic E-state index is -2.73. The standard InChI is InChI=1S/C15H27F2N3O/c1-3-19(4-2)10-12-5-7-20(8-6-12)14(21)13-9-15(16,17)11-18-13/h12-13,18H,3-11H2,1-2H3. The molecule has 21 heavy (non-hydrogen) atoms. The van der Waals surface area contributed by atoms with Crippen LogP contribution in [0.1, 0.15) is 33.1 Å². The number of halogens is 2. The smallest absolute Gasteiger partial charge is 0.262 e. The van der Waals surface area contributed by atoms with Gasteiger partial charge >= 0.3 is 0 Å². The molecule has 0 radical (unpaired) electrons. The van der Waals surface area contributed by atoms with Crippen LogP contribution in [-0.4, -0.2) is 66.9 Å². The topological polar surface area (TPSA) is 35.6 Å². The van der Waals surface area contributed by atoms with Gasteiger partial charge in [-0.05, 0) is 31.8 Å². The van der Waals surface area contributed by atoms with Gasteiger partial charge in [-0.15, -0.1) is 0 Å². The van der Waals surface area contributed by atoms with Crippen LogP contribution in [0.15, 0.2) is 0 Å². The van der Waals surface area contributed by atoms with E-state index in [9.17, 15) is 13.6 Å². The molecule has 2 rings (SSSR count). The molecule has 1 unspecified atom stereocenters. The van der Waals surface area contributed by atoms with Gasteiger partial charge in [0.1, 0.15) is 0 Å². The van der Waals surface area contributed by atoms with Crippen molar-refractivity contribution in [2.45, 2.75) is 45.1 Å². The Bertz CT molecular complexity index is 353. The number of carbonyl (C=O) groups excluding carboxylic acids is 1. The Balaban J connectivity index is 1.77. The summed E-state index contributed by atoms with van der Waals surface area (Å²) in [5.41, 5.74) is 0. The van der Waals surface area contributed by atoms with Crippen LogP contribution in [0, 0.1) is 5.92 Å². The van der Waals surface area contributed by atoms with Crippen molar-refractivity contribution in [3.8, 4) is 0 Å². The second-order valence-corrected chi connectivity index (χ2v) is 6.25. The Labute approximate surface area is 125 Å². The molecule has 0 aromatic heterocycles. The van der Waals surface area contributed by atoms with E-state index in [0.29, 0.717) is 19.0 Å². The molecule has 2 fully saturated rings. The van der Waals surface area contributed by atoms with Crippen LogP contribution in [0.2, 0.25) is 0 Å². The second kappa shape index (κ2) is 7.01. The summed E-state index contributed by atoms with van der Waals surface area (Å²) in [6.45, 7) is 8.54. The minimum Gasteiger partial charge on any atom is -0.341 e. The third kappa shape index (κ3) is 4.36. The fraction of sp³-hybridized carbons (Fsp3) is 0.933. The summed E-state index contributed by atoms with van der Waals surface area (Å²) < 4.78 is 26.3. The molecule has 2 aliphatic heterocycles. The van der Waals surface area contributed by atoms with Crippen LogP contribution in [0.5, 0.6) is 0 Å². The highest BCUT2D eigenvalue weighted by Gasteiger charge is 2.43. The van der Waals surface area contributed by atoms with E-state index >= 15 is 0 Å². The Morgan fingerprint density at radius 2 is 1.90 bits per heavy atom. The molecule has 0 bridgehead atoms. The fourth-order valence-electron chi connectivity index (χ4n) is 3.29. The zero-order chi connectivity index (χ0) is 15.5. The maximum atomic E-state index is 13.2. The van der Waals surface area contributed by atoms with Crippen LogP contribution in [0.3, 0.4) is 0 Å². The largest absolute Gasteiger partial charge is 0.341 e. The first-order valence-corrected chi connectivity index (χ1v) is 8.07. The molecule has 2 aliphatic rings. The number of amides is 1. The predicted octanol–water partition coefficient (Wildman–Crippen LogP) is 1.56. The van der Waals surface area contributed by atoms with Crippen molar-refractivity contribution in [2.75, 3.05) is 39.3 Å².